The van der Waals surface area contributed by atoms with Crippen LogP contribution in [-0.4, -0.2) is 61.6 Å². The van der Waals surface area contributed by atoms with E-state index in [2.05, 4.69) is 10.6 Å². The summed E-state index contributed by atoms with van der Waals surface area (Å²) >= 11 is 0. The molecule has 0 spiro atoms. The van der Waals surface area contributed by atoms with Gasteiger partial charge in [0.15, 0.2) is 0 Å². The highest BCUT2D eigenvalue weighted by Crippen LogP contribution is 2.18. The minimum atomic E-state index is -0.381. The predicted molar refractivity (Wildman–Crippen MR) is 75.3 cm³/mol. The van der Waals surface area contributed by atoms with E-state index < -0.39 is 0 Å². The first kappa shape index (κ1) is 15.3. The zero-order chi connectivity index (χ0) is 14.4. The summed E-state index contributed by atoms with van der Waals surface area (Å²) in [5.41, 5.74) is 0. The summed E-state index contributed by atoms with van der Waals surface area (Å²) in [5.74, 6) is -0.260. The van der Waals surface area contributed by atoms with E-state index in [1.54, 1.807) is 11.8 Å². The quantitative estimate of drug-likeness (QED) is 0.689. The third kappa shape index (κ3) is 3.93. The number of hydrogen-bond donors (Lipinski definition) is 2. The van der Waals surface area contributed by atoms with E-state index in [1.807, 2.05) is 0 Å². The number of nitrogens with one attached hydrogen (secondary N) is 2. The van der Waals surface area contributed by atoms with Crippen LogP contribution in [0.1, 0.15) is 32.6 Å². The highest BCUT2D eigenvalue weighted by Gasteiger charge is 2.34. The van der Waals surface area contributed by atoms with E-state index in [0.717, 1.165) is 38.8 Å². The van der Waals surface area contributed by atoms with Gasteiger partial charge in [-0.2, -0.15) is 0 Å². The van der Waals surface area contributed by atoms with Gasteiger partial charge in [-0.05, 0) is 39.2 Å². The van der Waals surface area contributed by atoms with Crippen LogP contribution in [0.15, 0.2) is 0 Å². The van der Waals surface area contributed by atoms with Gasteiger partial charge in [0.2, 0.25) is 5.91 Å². The number of nitrogens with zero attached hydrogens (tertiary/aromatic N) is 1. The lowest BCUT2D eigenvalue weighted by Gasteiger charge is -2.27. The van der Waals surface area contributed by atoms with Crippen LogP contribution in [0.2, 0.25) is 0 Å². The Bertz CT molecular complexity index is 343. The van der Waals surface area contributed by atoms with Gasteiger partial charge in [0.05, 0.1) is 13.2 Å². The molecule has 1 amide bonds. The van der Waals surface area contributed by atoms with Gasteiger partial charge in [0.25, 0.3) is 0 Å². The fraction of sp³-hybridized carbons (Fsp3) is 0.857. The number of likely N-dealkylation sites (tertiary alicyclic amines) is 1. The monoisotopic (exact) mass is 283 g/mol. The molecular formula is C14H25N3O3. The second-order valence-electron chi connectivity index (χ2n) is 5.42. The molecular weight excluding hydrogens is 258 g/mol. The summed E-state index contributed by atoms with van der Waals surface area (Å²) in [5, 5.41) is 6.59. The van der Waals surface area contributed by atoms with Crippen molar-refractivity contribution in [3.05, 3.63) is 0 Å². The van der Waals surface area contributed by atoms with Gasteiger partial charge in [0, 0.05) is 19.1 Å². The molecule has 20 heavy (non-hydrogen) atoms. The first-order chi connectivity index (χ1) is 9.72. The minimum Gasteiger partial charge on any atom is -0.464 e. The van der Waals surface area contributed by atoms with Crippen molar-refractivity contribution in [1.82, 2.24) is 15.5 Å². The van der Waals surface area contributed by atoms with E-state index in [9.17, 15) is 9.59 Å². The number of amides is 1. The maximum absolute atomic E-state index is 12.2. The normalized spacial score (nSPS) is 26.6. The molecule has 2 fully saturated rings. The molecule has 2 heterocycles. The average Bonchev–Trinajstić information content (AvgIpc) is 2.96. The summed E-state index contributed by atoms with van der Waals surface area (Å²) in [6.45, 7) is 5.09. The standard InChI is InChI=1S/C14H25N3O3/c1-2-20-14(19)12-6-4-8-17(12)13(18)10-16-11-5-3-7-15-9-11/h11-12,15-16H,2-10H2,1H3. The molecule has 2 rings (SSSR count). The van der Waals surface area contributed by atoms with Crippen LogP contribution in [0, 0.1) is 0 Å². The molecule has 2 saturated heterocycles. The third-order valence-corrected chi connectivity index (χ3v) is 3.97. The van der Waals surface area contributed by atoms with E-state index in [4.69, 9.17) is 4.74 Å². The molecule has 2 aliphatic heterocycles. The van der Waals surface area contributed by atoms with Gasteiger partial charge in [-0.15, -0.1) is 0 Å². The Morgan fingerprint density at radius 3 is 2.90 bits per heavy atom. The summed E-state index contributed by atoms with van der Waals surface area (Å²) in [7, 11) is 0. The molecule has 2 atom stereocenters. The lowest BCUT2D eigenvalue weighted by atomic mass is 10.1. The van der Waals surface area contributed by atoms with Gasteiger partial charge >= 0.3 is 5.97 Å². The van der Waals surface area contributed by atoms with Crippen molar-refractivity contribution in [2.45, 2.75) is 44.7 Å². The molecule has 114 valence electrons. The number of carbonyl (C=O) groups is 2. The molecule has 0 aliphatic carbocycles. The smallest absolute Gasteiger partial charge is 0.328 e. The van der Waals surface area contributed by atoms with Crippen molar-refractivity contribution >= 4 is 11.9 Å². The maximum atomic E-state index is 12.2. The van der Waals surface area contributed by atoms with Crippen LogP contribution < -0.4 is 10.6 Å². The van der Waals surface area contributed by atoms with Crippen LogP contribution in [0.25, 0.3) is 0 Å². The van der Waals surface area contributed by atoms with Crippen molar-refractivity contribution in [1.29, 1.82) is 0 Å². The minimum absolute atomic E-state index is 0.00567. The van der Waals surface area contributed by atoms with E-state index in [1.165, 1.54) is 0 Å². The molecule has 0 radical (unpaired) electrons. The number of hydrogen-bond acceptors (Lipinski definition) is 5. The number of ether oxygens (including phenoxy) is 1. The first-order valence-electron chi connectivity index (χ1n) is 7.62. The number of rotatable bonds is 5. The highest BCUT2D eigenvalue weighted by atomic mass is 16.5. The molecule has 2 aliphatic rings. The average molecular weight is 283 g/mol. The van der Waals surface area contributed by atoms with E-state index in [-0.39, 0.29) is 17.9 Å². The van der Waals surface area contributed by atoms with Crippen molar-refractivity contribution < 1.29 is 14.3 Å². The Labute approximate surface area is 120 Å². The van der Waals surface area contributed by atoms with Crippen LogP contribution in [0.4, 0.5) is 0 Å². The fourth-order valence-electron chi connectivity index (χ4n) is 2.91. The molecule has 2 N–H and O–H groups in total. The second kappa shape index (κ2) is 7.59. The van der Waals surface area contributed by atoms with Gasteiger partial charge in [-0.25, -0.2) is 4.79 Å². The van der Waals surface area contributed by atoms with Crippen LogP contribution in [0.5, 0.6) is 0 Å². The van der Waals surface area contributed by atoms with Crippen LogP contribution >= 0.6 is 0 Å². The summed E-state index contributed by atoms with van der Waals surface area (Å²) in [6, 6.07) is -0.0231. The Morgan fingerprint density at radius 2 is 2.20 bits per heavy atom. The SMILES string of the molecule is CCOC(=O)C1CCCN1C(=O)CNC1CCCNC1. The highest BCUT2D eigenvalue weighted by molar-refractivity contribution is 5.86. The van der Waals surface area contributed by atoms with E-state index in [0.29, 0.717) is 25.7 Å². The van der Waals surface area contributed by atoms with Crippen molar-refractivity contribution in [3.8, 4) is 0 Å². The summed E-state index contributed by atoms with van der Waals surface area (Å²) in [4.78, 5) is 25.7. The lowest BCUT2D eigenvalue weighted by molar-refractivity contribution is -0.152. The zero-order valence-corrected chi connectivity index (χ0v) is 12.2. The van der Waals surface area contributed by atoms with Crippen molar-refractivity contribution in [2.24, 2.45) is 0 Å². The molecule has 6 nitrogen and oxygen atoms in total. The number of esters is 1. The summed E-state index contributed by atoms with van der Waals surface area (Å²) < 4.78 is 5.04. The second-order valence-corrected chi connectivity index (χ2v) is 5.42. The molecule has 0 bridgehead atoms. The van der Waals surface area contributed by atoms with Crippen LogP contribution in [-0.2, 0) is 14.3 Å². The fourth-order valence-corrected chi connectivity index (χ4v) is 2.91. The topological polar surface area (TPSA) is 70.7 Å². The Balaban J connectivity index is 1.79. The Morgan fingerprint density at radius 1 is 1.35 bits per heavy atom. The van der Waals surface area contributed by atoms with Gasteiger partial charge in [-0.3, -0.25) is 4.79 Å². The Hall–Kier alpha value is -1.14. The molecule has 0 aromatic heterocycles. The van der Waals surface area contributed by atoms with Gasteiger partial charge in [-0.1, -0.05) is 0 Å². The van der Waals surface area contributed by atoms with Crippen molar-refractivity contribution in [3.63, 3.8) is 0 Å². The third-order valence-electron chi connectivity index (χ3n) is 3.97. The lowest BCUT2D eigenvalue weighted by Crippen LogP contribution is -2.49. The summed E-state index contributed by atoms with van der Waals surface area (Å²) in [6.07, 6.45) is 3.83. The van der Waals surface area contributed by atoms with Gasteiger partial charge < -0.3 is 20.3 Å². The van der Waals surface area contributed by atoms with Crippen LogP contribution in [0.3, 0.4) is 0 Å². The zero-order valence-electron chi connectivity index (χ0n) is 12.2. The largest absolute Gasteiger partial charge is 0.464 e. The number of piperidine rings is 1. The maximum Gasteiger partial charge on any atom is 0.328 e. The predicted octanol–water partition coefficient (Wildman–Crippen LogP) is -0.118. The van der Waals surface area contributed by atoms with Crippen molar-refractivity contribution in [2.75, 3.05) is 32.8 Å². The molecule has 0 aromatic rings. The van der Waals surface area contributed by atoms with Gasteiger partial charge in [0.1, 0.15) is 6.04 Å². The number of carbonyl (C=O) groups excluding carboxylic acids is 2. The molecule has 0 aromatic carbocycles. The molecule has 0 saturated carbocycles. The first-order valence-corrected chi connectivity index (χ1v) is 7.62. The van der Waals surface area contributed by atoms with E-state index >= 15 is 0 Å². The molecule has 6 heteroatoms. The Kier molecular flexibility index (Phi) is 5.79. The molecule has 2 unspecified atom stereocenters.